The largest absolute Gasteiger partial charge is 0.378 e. The van der Waals surface area contributed by atoms with Crippen molar-refractivity contribution in [2.75, 3.05) is 46.1 Å². The molecule has 232 valence electrons. The van der Waals surface area contributed by atoms with Crippen molar-refractivity contribution in [3.05, 3.63) is 0 Å². The van der Waals surface area contributed by atoms with Crippen molar-refractivity contribution in [1.82, 2.24) is 21.3 Å². The van der Waals surface area contributed by atoms with Gasteiger partial charge in [0.05, 0.1) is 38.0 Å². The highest BCUT2D eigenvalue weighted by Gasteiger charge is 2.31. The van der Waals surface area contributed by atoms with E-state index in [4.69, 9.17) is 15.2 Å². The quantitative estimate of drug-likeness (QED) is 0.105. The van der Waals surface area contributed by atoms with Crippen LogP contribution in [0.15, 0.2) is 0 Å². The fourth-order valence-electron chi connectivity index (χ4n) is 3.59. The fourth-order valence-corrected chi connectivity index (χ4v) is 3.59. The second-order valence-electron chi connectivity index (χ2n) is 11.4. The summed E-state index contributed by atoms with van der Waals surface area (Å²) in [5.41, 5.74) is 4.54. The van der Waals surface area contributed by atoms with Crippen LogP contribution in [-0.2, 0) is 33.4 Å². The number of carbonyl (C=O) groups is 5. The molecular formula is C28H53N5O7. The third-order valence-electron chi connectivity index (χ3n) is 5.94. The summed E-state index contributed by atoms with van der Waals surface area (Å²) in [7, 11) is 0. The van der Waals surface area contributed by atoms with Crippen LogP contribution in [0.1, 0.15) is 86.5 Å². The maximum Gasteiger partial charge on any atom is 0.234 e. The predicted octanol–water partition coefficient (Wildman–Crippen LogP) is 0.751. The maximum absolute atomic E-state index is 12.8. The zero-order valence-electron chi connectivity index (χ0n) is 25.4. The molecule has 1 atom stereocenters. The fraction of sp³-hybridized carbons (Fsp3) is 0.821. The lowest BCUT2D eigenvalue weighted by Gasteiger charge is -2.29. The monoisotopic (exact) mass is 571 g/mol. The van der Waals surface area contributed by atoms with Gasteiger partial charge in [-0.05, 0) is 60.8 Å². The smallest absolute Gasteiger partial charge is 0.234 e. The number of rotatable bonds is 24. The van der Waals surface area contributed by atoms with E-state index in [0.29, 0.717) is 58.8 Å². The van der Waals surface area contributed by atoms with Crippen LogP contribution in [0.5, 0.6) is 0 Å². The lowest BCUT2D eigenvalue weighted by Crippen LogP contribution is -2.55. The summed E-state index contributed by atoms with van der Waals surface area (Å²) in [6.45, 7) is 14.4. The Morgan fingerprint density at radius 3 is 1.82 bits per heavy atom. The Kier molecular flexibility index (Phi) is 19.2. The number of ketones is 2. The number of primary amides is 1. The maximum atomic E-state index is 12.8. The topological polar surface area (TPSA) is 178 Å². The molecule has 40 heavy (non-hydrogen) atoms. The van der Waals surface area contributed by atoms with Gasteiger partial charge in [-0.1, -0.05) is 0 Å². The van der Waals surface area contributed by atoms with Gasteiger partial charge in [0.25, 0.3) is 0 Å². The molecule has 0 aromatic heterocycles. The van der Waals surface area contributed by atoms with E-state index in [-0.39, 0.29) is 54.6 Å². The average Bonchev–Trinajstić information content (AvgIpc) is 2.85. The minimum Gasteiger partial charge on any atom is -0.378 e. The standard InChI is InChI=1S/C28H53N5O7/c1-21(34)10-12-24(36)30-14-8-7-9-22(26(29)38)33-28(5,6)23(35)11-13-25(37)31-15-17-39-19-20-40-18-16-32-27(2,3)4/h22,32-33H,7-20H2,1-6H3,(H2,29,38)(H,30,36)(H,31,37)/t22-/m0/s1. The van der Waals surface area contributed by atoms with Crippen LogP contribution >= 0.6 is 0 Å². The van der Waals surface area contributed by atoms with Crippen molar-refractivity contribution in [3.8, 4) is 0 Å². The number of Topliss-reactive ketones (excluding diaryl/α,β-unsaturated/α-hetero) is 2. The van der Waals surface area contributed by atoms with Gasteiger partial charge in [-0.15, -0.1) is 0 Å². The molecule has 0 rings (SSSR count). The van der Waals surface area contributed by atoms with Crippen molar-refractivity contribution in [2.24, 2.45) is 5.73 Å². The first-order chi connectivity index (χ1) is 18.6. The minimum atomic E-state index is -1.05. The SMILES string of the molecule is CC(=O)CCC(=O)NCCCC[C@H](NC(C)(C)C(=O)CCC(=O)NCCOCCOCCNC(C)(C)C)C(N)=O. The highest BCUT2D eigenvalue weighted by Crippen LogP contribution is 2.13. The summed E-state index contributed by atoms with van der Waals surface area (Å²) in [4.78, 5) is 59.4. The molecule has 0 aromatic rings. The lowest BCUT2D eigenvalue weighted by atomic mass is 9.93. The van der Waals surface area contributed by atoms with Gasteiger partial charge in [0.15, 0.2) is 5.78 Å². The second-order valence-corrected chi connectivity index (χ2v) is 11.4. The van der Waals surface area contributed by atoms with E-state index in [2.05, 4.69) is 42.0 Å². The molecule has 0 bridgehead atoms. The minimum absolute atomic E-state index is 0.0148. The van der Waals surface area contributed by atoms with Crippen molar-refractivity contribution in [3.63, 3.8) is 0 Å². The number of amides is 3. The van der Waals surface area contributed by atoms with Crippen molar-refractivity contribution >= 4 is 29.3 Å². The van der Waals surface area contributed by atoms with Crippen LogP contribution in [0.2, 0.25) is 0 Å². The molecule has 12 nitrogen and oxygen atoms in total. The highest BCUT2D eigenvalue weighted by molar-refractivity contribution is 5.91. The van der Waals surface area contributed by atoms with Gasteiger partial charge < -0.3 is 36.0 Å². The summed E-state index contributed by atoms with van der Waals surface area (Å²) in [5.74, 6) is -1.26. The second kappa shape index (κ2) is 20.5. The third kappa shape index (κ3) is 21.4. The first-order valence-electron chi connectivity index (χ1n) is 14.2. The van der Waals surface area contributed by atoms with E-state index in [1.165, 1.54) is 6.92 Å². The number of nitrogens with two attached hydrogens (primary N) is 1. The van der Waals surface area contributed by atoms with E-state index < -0.39 is 17.5 Å². The molecule has 0 saturated heterocycles. The first kappa shape index (κ1) is 37.6. The number of hydrogen-bond acceptors (Lipinski definition) is 9. The van der Waals surface area contributed by atoms with E-state index in [0.717, 1.165) is 6.54 Å². The van der Waals surface area contributed by atoms with E-state index in [1.54, 1.807) is 13.8 Å². The molecule has 0 spiro atoms. The van der Waals surface area contributed by atoms with Gasteiger partial charge in [0.1, 0.15) is 5.78 Å². The van der Waals surface area contributed by atoms with Crippen LogP contribution in [0.4, 0.5) is 0 Å². The van der Waals surface area contributed by atoms with Crippen LogP contribution in [-0.4, -0.2) is 92.5 Å². The third-order valence-corrected chi connectivity index (χ3v) is 5.94. The molecule has 6 N–H and O–H groups in total. The average molecular weight is 572 g/mol. The Labute approximate surface area is 239 Å². The van der Waals surface area contributed by atoms with Gasteiger partial charge in [-0.25, -0.2) is 0 Å². The Balaban J connectivity index is 4.12. The molecule has 0 unspecified atom stereocenters. The van der Waals surface area contributed by atoms with Crippen molar-refractivity contribution in [2.45, 2.75) is 104 Å². The van der Waals surface area contributed by atoms with E-state index in [9.17, 15) is 24.0 Å². The first-order valence-corrected chi connectivity index (χ1v) is 14.2. The number of unbranched alkanes of at least 4 members (excludes halogenated alkanes) is 1. The van der Waals surface area contributed by atoms with Gasteiger partial charge in [-0.3, -0.25) is 24.5 Å². The molecule has 0 saturated carbocycles. The van der Waals surface area contributed by atoms with Crippen LogP contribution < -0.4 is 27.0 Å². The molecular weight excluding hydrogens is 518 g/mol. The van der Waals surface area contributed by atoms with Gasteiger partial charge >= 0.3 is 0 Å². The van der Waals surface area contributed by atoms with Gasteiger partial charge in [0.2, 0.25) is 17.7 Å². The molecule has 0 aliphatic rings. The lowest BCUT2D eigenvalue weighted by molar-refractivity contribution is -0.129. The molecule has 0 radical (unpaired) electrons. The van der Waals surface area contributed by atoms with Crippen molar-refractivity contribution < 1.29 is 33.4 Å². The van der Waals surface area contributed by atoms with Gasteiger partial charge in [0, 0.05) is 50.9 Å². The van der Waals surface area contributed by atoms with Crippen LogP contribution in [0.3, 0.4) is 0 Å². The summed E-state index contributed by atoms with van der Waals surface area (Å²) in [6, 6.07) is -0.725. The number of ether oxygens (including phenoxy) is 2. The molecule has 3 amide bonds. The summed E-state index contributed by atoms with van der Waals surface area (Å²) < 4.78 is 10.9. The number of carbonyl (C=O) groups excluding carboxylic acids is 5. The van der Waals surface area contributed by atoms with Crippen LogP contribution in [0.25, 0.3) is 0 Å². The predicted molar refractivity (Wildman–Crippen MR) is 154 cm³/mol. The number of hydrogen-bond donors (Lipinski definition) is 5. The molecule has 12 heteroatoms. The van der Waals surface area contributed by atoms with Gasteiger partial charge in [-0.2, -0.15) is 0 Å². The normalized spacial score (nSPS) is 12.6. The molecule has 0 fully saturated rings. The molecule has 0 aliphatic heterocycles. The molecule has 0 aliphatic carbocycles. The Bertz CT molecular complexity index is 796. The summed E-state index contributed by atoms with van der Waals surface area (Å²) >= 11 is 0. The van der Waals surface area contributed by atoms with E-state index in [1.807, 2.05) is 0 Å². The number of nitrogens with one attached hydrogen (secondary N) is 4. The molecule has 0 aromatic carbocycles. The summed E-state index contributed by atoms with van der Waals surface area (Å²) in [5, 5.41) is 11.8. The van der Waals surface area contributed by atoms with Crippen LogP contribution in [0, 0.1) is 0 Å². The molecule has 0 heterocycles. The van der Waals surface area contributed by atoms with Crippen molar-refractivity contribution in [1.29, 1.82) is 0 Å². The zero-order valence-corrected chi connectivity index (χ0v) is 25.4. The Morgan fingerprint density at radius 1 is 0.725 bits per heavy atom. The summed E-state index contributed by atoms with van der Waals surface area (Å²) in [6.07, 6.45) is 2.04. The Hall–Kier alpha value is -2.41. The highest BCUT2D eigenvalue weighted by atomic mass is 16.5. The van der Waals surface area contributed by atoms with E-state index >= 15 is 0 Å². The Morgan fingerprint density at radius 2 is 1.27 bits per heavy atom. The zero-order chi connectivity index (χ0) is 30.6.